The van der Waals surface area contributed by atoms with E-state index in [1.807, 2.05) is 6.26 Å². The SMILES string of the molecule is CSc1nnc(NC(=O)COc2ccc(F)cc2)s1. The van der Waals surface area contributed by atoms with Crippen molar-refractivity contribution in [1.82, 2.24) is 10.2 Å². The second-order valence-corrected chi connectivity index (χ2v) is 5.40. The molecule has 0 bridgehead atoms. The van der Waals surface area contributed by atoms with E-state index in [4.69, 9.17) is 4.74 Å². The van der Waals surface area contributed by atoms with Gasteiger partial charge in [0.15, 0.2) is 10.9 Å². The molecule has 2 aromatic rings. The van der Waals surface area contributed by atoms with Gasteiger partial charge in [-0.1, -0.05) is 23.1 Å². The van der Waals surface area contributed by atoms with Gasteiger partial charge in [0.25, 0.3) is 5.91 Å². The maximum atomic E-state index is 12.7. The van der Waals surface area contributed by atoms with Crippen LogP contribution in [0.15, 0.2) is 28.6 Å². The molecule has 1 heterocycles. The third kappa shape index (κ3) is 4.18. The van der Waals surface area contributed by atoms with Gasteiger partial charge in [-0.05, 0) is 30.5 Å². The number of hydrogen-bond acceptors (Lipinski definition) is 6. The first-order valence-corrected chi connectivity index (χ1v) is 7.27. The van der Waals surface area contributed by atoms with Crippen LogP contribution in [0.4, 0.5) is 9.52 Å². The molecule has 1 N–H and O–H groups in total. The summed E-state index contributed by atoms with van der Waals surface area (Å²) in [5, 5.41) is 10.7. The summed E-state index contributed by atoms with van der Waals surface area (Å²) in [7, 11) is 0. The van der Waals surface area contributed by atoms with Crippen LogP contribution in [0.3, 0.4) is 0 Å². The number of carbonyl (C=O) groups is 1. The highest BCUT2D eigenvalue weighted by atomic mass is 32.2. The first kappa shape index (κ1) is 13.8. The maximum Gasteiger partial charge on any atom is 0.264 e. The summed E-state index contributed by atoms with van der Waals surface area (Å²) in [6.07, 6.45) is 1.88. The zero-order chi connectivity index (χ0) is 13.7. The number of hydrogen-bond donors (Lipinski definition) is 1. The topological polar surface area (TPSA) is 64.1 Å². The molecule has 0 aliphatic carbocycles. The number of nitrogens with zero attached hydrogens (tertiary/aromatic N) is 2. The van der Waals surface area contributed by atoms with Crippen molar-refractivity contribution in [2.75, 3.05) is 18.2 Å². The fraction of sp³-hybridized carbons (Fsp3) is 0.182. The average Bonchev–Trinajstić information content (AvgIpc) is 2.86. The van der Waals surface area contributed by atoms with E-state index in [-0.39, 0.29) is 18.3 Å². The lowest BCUT2D eigenvalue weighted by Gasteiger charge is -2.05. The normalized spacial score (nSPS) is 10.2. The smallest absolute Gasteiger partial charge is 0.264 e. The van der Waals surface area contributed by atoms with Gasteiger partial charge in [-0.3, -0.25) is 10.1 Å². The first-order valence-electron chi connectivity index (χ1n) is 5.23. The molecule has 1 aromatic heterocycles. The zero-order valence-electron chi connectivity index (χ0n) is 9.92. The Morgan fingerprint density at radius 3 is 2.79 bits per heavy atom. The van der Waals surface area contributed by atoms with Crippen molar-refractivity contribution in [3.8, 4) is 5.75 Å². The predicted octanol–water partition coefficient (Wildman–Crippen LogP) is 2.42. The molecule has 0 atom stereocenters. The van der Waals surface area contributed by atoms with Crippen LogP contribution < -0.4 is 10.1 Å². The van der Waals surface area contributed by atoms with Crippen LogP contribution in [0.25, 0.3) is 0 Å². The summed E-state index contributed by atoms with van der Waals surface area (Å²) in [4.78, 5) is 11.6. The second kappa shape index (κ2) is 6.48. The van der Waals surface area contributed by atoms with Crippen molar-refractivity contribution in [3.05, 3.63) is 30.1 Å². The minimum Gasteiger partial charge on any atom is -0.484 e. The number of ether oxygens (including phenoxy) is 1. The molecule has 0 aliphatic rings. The quantitative estimate of drug-likeness (QED) is 0.678. The van der Waals surface area contributed by atoms with Gasteiger partial charge in [-0.25, -0.2) is 4.39 Å². The van der Waals surface area contributed by atoms with Gasteiger partial charge >= 0.3 is 0 Å². The summed E-state index contributed by atoms with van der Waals surface area (Å²) in [6.45, 7) is -0.167. The van der Waals surface area contributed by atoms with E-state index >= 15 is 0 Å². The van der Waals surface area contributed by atoms with Gasteiger partial charge < -0.3 is 4.74 Å². The molecule has 8 heteroatoms. The minimum atomic E-state index is -0.352. The lowest BCUT2D eigenvalue weighted by atomic mass is 10.3. The molecule has 0 spiro atoms. The predicted molar refractivity (Wildman–Crippen MR) is 72.2 cm³/mol. The van der Waals surface area contributed by atoms with Crippen LogP contribution >= 0.6 is 23.1 Å². The van der Waals surface area contributed by atoms with Crippen molar-refractivity contribution < 1.29 is 13.9 Å². The molecule has 0 saturated heterocycles. The van der Waals surface area contributed by atoms with E-state index in [2.05, 4.69) is 15.5 Å². The summed E-state index contributed by atoms with van der Waals surface area (Å²) in [5.74, 6) is -0.262. The van der Waals surface area contributed by atoms with Crippen molar-refractivity contribution in [3.63, 3.8) is 0 Å². The largest absolute Gasteiger partial charge is 0.484 e. The van der Waals surface area contributed by atoms with Crippen LogP contribution in [-0.4, -0.2) is 29.0 Å². The van der Waals surface area contributed by atoms with Crippen LogP contribution in [0.2, 0.25) is 0 Å². The third-order valence-corrected chi connectivity index (χ3v) is 3.83. The van der Waals surface area contributed by atoms with Gasteiger partial charge in [0.1, 0.15) is 11.6 Å². The Balaban J connectivity index is 1.82. The lowest BCUT2D eigenvalue weighted by Crippen LogP contribution is -2.20. The molecule has 0 radical (unpaired) electrons. The molecule has 2 rings (SSSR count). The highest BCUT2D eigenvalue weighted by Gasteiger charge is 2.08. The first-order chi connectivity index (χ1) is 9.17. The number of thioether (sulfide) groups is 1. The van der Waals surface area contributed by atoms with Crippen molar-refractivity contribution >= 4 is 34.1 Å². The monoisotopic (exact) mass is 299 g/mol. The lowest BCUT2D eigenvalue weighted by molar-refractivity contribution is -0.118. The molecule has 19 heavy (non-hydrogen) atoms. The summed E-state index contributed by atoms with van der Waals surface area (Å²) >= 11 is 2.74. The molecular formula is C11H10FN3O2S2. The number of carbonyl (C=O) groups excluding carboxylic acids is 1. The van der Waals surface area contributed by atoms with Crippen LogP contribution in [0.1, 0.15) is 0 Å². The van der Waals surface area contributed by atoms with E-state index < -0.39 is 0 Å². The second-order valence-electron chi connectivity index (χ2n) is 3.37. The Labute approximate surface area is 117 Å². The molecule has 0 fully saturated rings. The third-order valence-electron chi connectivity index (χ3n) is 2.01. The summed E-state index contributed by atoms with van der Waals surface area (Å²) < 4.78 is 18.6. The number of rotatable bonds is 5. The number of anilines is 1. The van der Waals surface area contributed by atoms with E-state index in [0.717, 1.165) is 4.34 Å². The highest BCUT2D eigenvalue weighted by Crippen LogP contribution is 2.22. The highest BCUT2D eigenvalue weighted by molar-refractivity contribution is 8.00. The Morgan fingerprint density at radius 2 is 2.16 bits per heavy atom. The van der Waals surface area contributed by atoms with Gasteiger partial charge in [-0.2, -0.15) is 0 Å². The average molecular weight is 299 g/mol. The summed E-state index contributed by atoms with van der Waals surface area (Å²) in [5.41, 5.74) is 0. The van der Waals surface area contributed by atoms with Gasteiger partial charge in [0.2, 0.25) is 5.13 Å². The number of benzene rings is 1. The Hall–Kier alpha value is -1.67. The molecule has 5 nitrogen and oxygen atoms in total. The number of halogens is 1. The molecule has 100 valence electrons. The van der Waals surface area contributed by atoms with Gasteiger partial charge in [0, 0.05) is 0 Å². The zero-order valence-corrected chi connectivity index (χ0v) is 11.6. The van der Waals surface area contributed by atoms with Crippen molar-refractivity contribution in [2.45, 2.75) is 4.34 Å². The number of nitrogens with one attached hydrogen (secondary N) is 1. The Bertz CT molecular complexity index is 559. The van der Waals surface area contributed by atoms with Crippen LogP contribution in [-0.2, 0) is 4.79 Å². The molecule has 1 aromatic carbocycles. The van der Waals surface area contributed by atoms with Gasteiger partial charge in [0.05, 0.1) is 0 Å². The van der Waals surface area contributed by atoms with E-state index in [9.17, 15) is 9.18 Å². The van der Waals surface area contributed by atoms with Crippen molar-refractivity contribution in [1.29, 1.82) is 0 Å². The molecule has 0 unspecified atom stereocenters. The number of aromatic nitrogens is 2. The molecule has 0 aliphatic heterocycles. The fourth-order valence-corrected chi connectivity index (χ4v) is 2.36. The van der Waals surface area contributed by atoms with E-state index in [1.165, 1.54) is 47.4 Å². The summed E-state index contributed by atoms with van der Waals surface area (Å²) in [6, 6.07) is 5.45. The standard InChI is InChI=1S/C11H10FN3O2S2/c1-18-11-15-14-10(19-11)13-9(16)6-17-8-4-2-7(12)3-5-8/h2-5H,6H2,1H3,(H,13,14,16). The Kier molecular flexibility index (Phi) is 4.69. The molecule has 1 amide bonds. The molecular weight excluding hydrogens is 289 g/mol. The van der Waals surface area contributed by atoms with Crippen LogP contribution in [0, 0.1) is 5.82 Å². The van der Waals surface area contributed by atoms with E-state index in [1.54, 1.807) is 0 Å². The van der Waals surface area contributed by atoms with Crippen LogP contribution in [0.5, 0.6) is 5.75 Å². The van der Waals surface area contributed by atoms with E-state index in [0.29, 0.717) is 10.9 Å². The molecule has 0 saturated carbocycles. The van der Waals surface area contributed by atoms with Gasteiger partial charge in [-0.15, -0.1) is 10.2 Å². The maximum absolute atomic E-state index is 12.7. The van der Waals surface area contributed by atoms with Crippen molar-refractivity contribution in [2.24, 2.45) is 0 Å². The number of amides is 1. The Morgan fingerprint density at radius 1 is 1.42 bits per heavy atom. The fourth-order valence-electron chi connectivity index (χ4n) is 1.18. The minimum absolute atomic E-state index is 0.167.